The van der Waals surface area contributed by atoms with E-state index in [4.69, 9.17) is 18.6 Å². The number of hydrogen-bond acceptors (Lipinski definition) is 7. The van der Waals surface area contributed by atoms with Gasteiger partial charge in [-0.3, -0.25) is 0 Å². The first-order chi connectivity index (χ1) is 14.5. The maximum Gasteiger partial charge on any atom is 0.339 e. The minimum absolute atomic E-state index is 0.133. The molecule has 3 aromatic rings. The van der Waals surface area contributed by atoms with E-state index in [0.717, 1.165) is 12.8 Å². The van der Waals surface area contributed by atoms with E-state index >= 15 is 0 Å². The van der Waals surface area contributed by atoms with Gasteiger partial charge in [0.2, 0.25) is 5.89 Å². The second kappa shape index (κ2) is 9.87. The third-order valence-corrected chi connectivity index (χ3v) is 4.32. The summed E-state index contributed by atoms with van der Waals surface area (Å²) in [6.07, 6.45) is 1.17. The first-order valence-electron chi connectivity index (χ1n) is 9.63. The highest BCUT2D eigenvalue weighted by Crippen LogP contribution is 2.29. The van der Waals surface area contributed by atoms with Gasteiger partial charge in [0.1, 0.15) is 5.82 Å². The molecule has 0 radical (unpaired) electrons. The standard InChI is InChI=1S/C22H23FN2O5/c1-4-5-12-28-18-11-8-16(13-19(18)27-3)22(26)29-14(2)20-24-25-21(30-20)15-6-9-17(23)10-7-15/h6-11,13-14H,4-5,12H2,1-3H3/t14-/m1/s1. The number of aromatic nitrogens is 2. The molecule has 0 aliphatic carbocycles. The minimum Gasteiger partial charge on any atom is -0.493 e. The molecule has 0 bridgehead atoms. The van der Waals surface area contributed by atoms with Crippen molar-refractivity contribution in [1.29, 1.82) is 0 Å². The van der Waals surface area contributed by atoms with Crippen LogP contribution in [-0.2, 0) is 4.74 Å². The van der Waals surface area contributed by atoms with E-state index in [9.17, 15) is 9.18 Å². The highest BCUT2D eigenvalue weighted by Gasteiger charge is 2.21. The van der Waals surface area contributed by atoms with Gasteiger partial charge in [0.15, 0.2) is 17.6 Å². The van der Waals surface area contributed by atoms with Crippen molar-refractivity contribution in [3.8, 4) is 23.0 Å². The Labute approximate surface area is 173 Å². The number of nitrogens with zero attached hydrogens (tertiary/aromatic N) is 2. The number of carbonyl (C=O) groups excluding carboxylic acids is 1. The lowest BCUT2D eigenvalue weighted by molar-refractivity contribution is 0.0279. The van der Waals surface area contributed by atoms with Gasteiger partial charge in [0.05, 0.1) is 19.3 Å². The molecule has 7 nitrogen and oxygen atoms in total. The van der Waals surface area contributed by atoms with E-state index in [1.165, 1.54) is 31.4 Å². The average molecular weight is 414 g/mol. The molecule has 0 saturated carbocycles. The minimum atomic E-state index is -0.773. The van der Waals surface area contributed by atoms with Crippen LogP contribution in [0.3, 0.4) is 0 Å². The summed E-state index contributed by atoms with van der Waals surface area (Å²) in [5.74, 6) is 0.429. The molecule has 30 heavy (non-hydrogen) atoms. The second-order valence-electron chi connectivity index (χ2n) is 6.57. The van der Waals surface area contributed by atoms with Crippen molar-refractivity contribution in [3.63, 3.8) is 0 Å². The Morgan fingerprint density at radius 3 is 2.60 bits per heavy atom. The van der Waals surface area contributed by atoms with Crippen LogP contribution in [0.1, 0.15) is 49.0 Å². The van der Waals surface area contributed by atoms with Crippen LogP contribution in [0.5, 0.6) is 11.5 Å². The predicted octanol–water partition coefficient (Wildman–Crippen LogP) is 4.98. The van der Waals surface area contributed by atoms with Gasteiger partial charge in [-0.15, -0.1) is 10.2 Å². The molecule has 158 valence electrons. The molecule has 8 heteroatoms. The number of rotatable bonds is 9. The number of esters is 1. The lowest BCUT2D eigenvalue weighted by Gasteiger charge is -2.13. The molecule has 0 unspecified atom stereocenters. The Kier molecular flexibility index (Phi) is 7.00. The quantitative estimate of drug-likeness (QED) is 0.361. The normalized spacial score (nSPS) is 11.7. The molecule has 1 aromatic heterocycles. The Morgan fingerprint density at radius 2 is 1.90 bits per heavy atom. The van der Waals surface area contributed by atoms with Gasteiger partial charge in [-0.2, -0.15) is 0 Å². The summed E-state index contributed by atoms with van der Waals surface area (Å²) in [5, 5.41) is 7.84. The van der Waals surface area contributed by atoms with Gasteiger partial charge in [-0.05, 0) is 55.8 Å². The number of hydrogen-bond donors (Lipinski definition) is 0. The van der Waals surface area contributed by atoms with Gasteiger partial charge in [-0.1, -0.05) is 13.3 Å². The van der Waals surface area contributed by atoms with Crippen LogP contribution in [0.4, 0.5) is 4.39 Å². The van der Waals surface area contributed by atoms with E-state index in [2.05, 4.69) is 17.1 Å². The summed E-state index contributed by atoms with van der Waals surface area (Å²) < 4.78 is 35.0. The highest BCUT2D eigenvalue weighted by molar-refractivity contribution is 5.90. The van der Waals surface area contributed by atoms with E-state index in [1.54, 1.807) is 25.1 Å². The molecular weight excluding hydrogens is 391 g/mol. The Balaban J connectivity index is 1.67. The predicted molar refractivity (Wildman–Crippen MR) is 107 cm³/mol. The summed E-state index contributed by atoms with van der Waals surface area (Å²) in [6.45, 7) is 4.27. The van der Waals surface area contributed by atoms with Crippen molar-refractivity contribution < 1.29 is 27.8 Å². The van der Waals surface area contributed by atoms with Crippen molar-refractivity contribution in [2.75, 3.05) is 13.7 Å². The molecule has 3 rings (SSSR count). The maximum atomic E-state index is 13.1. The summed E-state index contributed by atoms with van der Waals surface area (Å²) in [6, 6.07) is 10.5. The molecule has 0 saturated heterocycles. The van der Waals surface area contributed by atoms with E-state index in [-0.39, 0.29) is 17.6 Å². The van der Waals surface area contributed by atoms with Crippen molar-refractivity contribution in [3.05, 3.63) is 59.7 Å². The van der Waals surface area contributed by atoms with Crippen molar-refractivity contribution in [2.24, 2.45) is 0 Å². The Hall–Kier alpha value is -3.42. The van der Waals surface area contributed by atoms with Gasteiger partial charge >= 0.3 is 5.97 Å². The molecule has 2 aromatic carbocycles. The van der Waals surface area contributed by atoms with Crippen LogP contribution in [0.25, 0.3) is 11.5 Å². The van der Waals surface area contributed by atoms with Gasteiger partial charge in [0, 0.05) is 5.56 Å². The number of benzene rings is 2. The summed E-state index contributed by atoms with van der Waals surface area (Å²) >= 11 is 0. The van der Waals surface area contributed by atoms with E-state index < -0.39 is 12.1 Å². The third-order valence-electron chi connectivity index (χ3n) is 4.32. The lowest BCUT2D eigenvalue weighted by atomic mass is 10.2. The zero-order valence-corrected chi connectivity index (χ0v) is 17.1. The van der Waals surface area contributed by atoms with Crippen molar-refractivity contribution in [2.45, 2.75) is 32.8 Å². The Morgan fingerprint density at radius 1 is 1.13 bits per heavy atom. The topological polar surface area (TPSA) is 83.7 Å². The zero-order valence-electron chi connectivity index (χ0n) is 17.1. The smallest absolute Gasteiger partial charge is 0.339 e. The average Bonchev–Trinajstić information content (AvgIpc) is 3.25. The largest absolute Gasteiger partial charge is 0.493 e. The number of halogens is 1. The van der Waals surface area contributed by atoms with Crippen molar-refractivity contribution >= 4 is 5.97 Å². The van der Waals surface area contributed by atoms with E-state index in [1.807, 2.05) is 0 Å². The molecular formula is C22H23FN2O5. The molecule has 0 spiro atoms. The van der Waals surface area contributed by atoms with Gasteiger partial charge in [-0.25, -0.2) is 9.18 Å². The first-order valence-corrected chi connectivity index (χ1v) is 9.63. The molecule has 0 fully saturated rings. The van der Waals surface area contributed by atoms with Gasteiger partial charge in [0.25, 0.3) is 5.89 Å². The zero-order chi connectivity index (χ0) is 21.5. The number of unbranched alkanes of at least 4 members (excludes halogenated alkanes) is 1. The summed E-state index contributed by atoms with van der Waals surface area (Å²) in [5.41, 5.74) is 0.872. The molecule has 0 aliphatic rings. The SMILES string of the molecule is CCCCOc1ccc(C(=O)O[C@H](C)c2nnc(-c3ccc(F)cc3)o2)cc1OC. The van der Waals surface area contributed by atoms with Crippen LogP contribution in [-0.4, -0.2) is 29.9 Å². The molecule has 1 atom stereocenters. The fourth-order valence-electron chi connectivity index (χ4n) is 2.63. The fraction of sp³-hybridized carbons (Fsp3) is 0.318. The van der Waals surface area contributed by atoms with Crippen LogP contribution < -0.4 is 9.47 Å². The maximum absolute atomic E-state index is 13.1. The highest BCUT2D eigenvalue weighted by atomic mass is 19.1. The molecule has 0 N–H and O–H groups in total. The fourth-order valence-corrected chi connectivity index (χ4v) is 2.63. The van der Waals surface area contributed by atoms with Crippen LogP contribution in [0.15, 0.2) is 46.9 Å². The summed E-state index contributed by atoms with van der Waals surface area (Å²) in [7, 11) is 1.51. The van der Waals surface area contributed by atoms with Crippen LogP contribution in [0.2, 0.25) is 0 Å². The monoisotopic (exact) mass is 414 g/mol. The third kappa shape index (κ3) is 5.14. The number of carbonyl (C=O) groups is 1. The number of ether oxygens (including phenoxy) is 3. The van der Waals surface area contributed by atoms with Crippen molar-refractivity contribution in [1.82, 2.24) is 10.2 Å². The Bertz CT molecular complexity index is 987. The summed E-state index contributed by atoms with van der Waals surface area (Å²) in [4.78, 5) is 12.5. The van der Waals surface area contributed by atoms with Gasteiger partial charge < -0.3 is 18.6 Å². The van der Waals surface area contributed by atoms with E-state index in [0.29, 0.717) is 29.2 Å². The number of methoxy groups -OCH3 is 1. The first kappa shape index (κ1) is 21.3. The lowest BCUT2D eigenvalue weighted by Crippen LogP contribution is -2.10. The molecule has 0 amide bonds. The molecule has 0 aliphatic heterocycles. The van der Waals surface area contributed by atoms with Crippen LogP contribution in [0, 0.1) is 5.82 Å². The second-order valence-corrected chi connectivity index (χ2v) is 6.57. The van der Waals surface area contributed by atoms with Crippen LogP contribution >= 0.6 is 0 Å². The molecule has 1 heterocycles.